The highest BCUT2D eigenvalue weighted by Crippen LogP contribution is 2.20. The van der Waals surface area contributed by atoms with Gasteiger partial charge in [-0.25, -0.2) is 9.67 Å². The van der Waals surface area contributed by atoms with E-state index >= 15 is 0 Å². The molecule has 1 saturated heterocycles. The predicted molar refractivity (Wildman–Crippen MR) is 112 cm³/mol. The van der Waals surface area contributed by atoms with E-state index in [1.807, 2.05) is 36.4 Å². The minimum Gasteiger partial charge on any atom is -0.339 e. The fourth-order valence-electron chi connectivity index (χ4n) is 3.40. The molecule has 0 bridgehead atoms. The highest BCUT2D eigenvalue weighted by Gasteiger charge is 2.27. The molecule has 30 heavy (non-hydrogen) atoms. The van der Waals surface area contributed by atoms with Gasteiger partial charge in [0.25, 0.3) is 5.91 Å². The van der Waals surface area contributed by atoms with Crippen LogP contribution in [0.25, 0.3) is 5.69 Å². The monoisotopic (exact) mass is 424 g/mol. The lowest BCUT2D eigenvalue weighted by Gasteiger charge is -2.34. The van der Waals surface area contributed by atoms with Crippen molar-refractivity contribution in [3.05, 3.63) is 71.0 Å². The summed E-state index contributed by atoms with van der Waals surface area (Å²) in [5.41, 5.74) is 1.42. The molecule has 0 radical (unpaired) electrons. The first kappa shape index (κ1) is 20.0. The van der Waals surface area contributed by atoms with Gasteiger partial charge in [-0.05, 0) is 31.2 Å². The number of rotatable bonds is 4. The van der Waals surface area contributed by atoms with Crippen molar-refractivity contribution in [3.63, 3.8) is 0 Å². The molecule has 1 aromatic carbocycles. The molecule has 0 saturated carbocycles. The average molecular weight is 425 g/mol. The zero-order valence-corrected chi connectivity index (χ0v) is 17.3. The molecule has 3 aromatic rings. The average Bonchev–Trinajstić information content (AvgIpc) is 3.15. The van der Waals surface area contributed by atoms with Gasteiger partial charge in [-0.1, -0.05) is 29.8 Å². The molecule has 0 unspecified atom stereocenters. The van der Waals surface area contributed by atoms with Crippen molar-refractivity contribution in [2.24, 2.45) is 0 Å². The topological polar surface area (TPSA) is 84.2 Å². The van der Waals surface area contributed by atoms with Crippen molar-refractivity contribution in [3.8, 4) is 5.69 Å². The summed E-state index contributed by atoms with van der Waals surface area (Å²) in [6.07, 6.45) is 1.94. The van der Waals surface area contributed by atoms with E-state index in [-0.39, 0.29) is 24.1 Å². The summed E-state index contributed by atoms with van der Waals surface area (Å²) in [6, 6.07) is 12.8. The standard InChI is InChI=1S/C21H21ClN6O2/c1-15-24-20(25-28(15)18-8-3-2-7-17(18)22)21(30)27-12-10-26(11-13-27)19(29)14-16-6-4-5-9-23-16/h2-9H,10-14H2,1H3. The minimum absolute atomic E-state index is 0.0118. The Kier molecular flexibility index (Phi) is 5.76. The van der Waals surface area contributed by atoms with Gasteiger partial charge in [-0.15, -0.1) is 5.10 Å². The van der Waals surface area contributed by atoms with Gasteiger partial charge in [0.05, 0.1) is 17.1 Å². The molecule has 1 aliphatic rings. The Balaban J connectivity index is 1.40. The Morgan fingerprint density at radius 1 is 1.00 bits per heavy atom. The third-order valence-corrected chi connectivity index (χ3v) is 5.34. The number of hydrogen-bond acceptors (Lipinski definition) is 5. The van der Waals surface area contributed by atoms with E-state index in [2.05, 4.69) is 15.1 Å². The maximum atomic E-state index is 12.9. The highest BCUT2D eigenvalue weighted by atomic mass is 35.5. The van der Waals surface area contributed by atoms with E-state index in [9.17, 15) is 9.59 Å². The quantitative estimate of drug-likeness (QED) is 0.640. The van der Waals surface area contributed by atoms with Crippen LogP contribution in [0.4, 0.5) is 0 Å². The van der Waals surface area contributed by atoms with E-state index in [1.54, 1.807) is 33.7 Å². The number of hydrogen-bond donors (Lipinski definition) is 0. The summed E-state index contributed by atoms with van der Waals surface area (Å²) in [4.78, 5) is 37.3. The molecule has 2 aromatic heterocycles. The minimum atomic E-state index is -0.249. The van der Waals surface area contributed by atoms with Gasteiger partial charge in [0, 0.05) is 38.1 Å². The zero-order valence-electron chi connectivity index (χ0n) is 16.5. The highest BCUT2D eigenvalue weighted by molar-refractivity contribution is 6.32. The summed E-state index contributed by atoms with van der Waals surface area (Å²) in [7, 11) is 0. The molecular formula is C21H21ClN6O2. The summed E-state index contributed by atoms with van der Waals surface area (Å²) < 4.78 is 1.57. The molecule has 0 aliphatic carbocycles. The van der Waals surface area contributed by atoms with Crippen LogP contribution < -0.4 is 0 Å². The van der Waals surface area contributed by atoms with E-state index in [4.69, 9.17) is 11.6 Å². The van der Waals surface area contributed by atoms with E-state index in [0.717, 1.165) is 5.69 Å². The number of halogens is 1. The fourth-order valence-corrected chi connectivity index (χ4v) is 3.62. The molecular weight excluding hydrogens is 404 g/mol. The summed E-state index contributed by atoms with van der Waals surface area (Å²) >= 11 is 6.25. The Labute approximate surface area is 179 Å². The van der Waals surface area contributed by atoms with Crippen LogP contribution in [0.1, 0.15) is 22.1 Å². The Hall–Kier alpha value is -3.26. The number of pyridine rings is 1. The predicted octanol–water partition coefficient (Wildman–Crippen LogP) is 2.15. The second-order valence-electron chi connectivity index (χ2n) is 7.02. The molecule has 9 heteroatoms. The number of carbonyl (C=O) groups is 2. The van der Waals surface area contributed by atoms with Crippen molar-refractivity contribution < 1.29 is 9.59 Å². The first-order chi connectivity index (χ1) is 14.5. The normalized spacial score (nSPS) is 14.1. The molecule has 1 fully saturated rings. The van der Waals surface area contributed by atoms with E-state index in [1.165, 1.54) is 0 Å². The lowest BCUT2D eigenvalue weighted by atomic mass is 10.2. The SMILES string of the molecule is Cc1nc(C(=O)N2CCN(C(=O)Cc3ccccn3)CC2)nn1-c1ccccc1Cl. The van der Waals surface area contributed by atoms with Gasteiger partial charge < -0.3 is 9.80 Å². The van der Waals surface area contributed by atoms with Crippen molar-refractivity contribution in [1.29, 1.82) is 0 Å². The zero-order chi connectivity index (χ0) is 21.1. The number of nitrogens with zero attached hydrogens (tertiary/aromatic N) is 6. The maximum Gasteiger partial charge on any atom is 0.293 e. The lowest BCUT2D eigenvalue weighted by molar-refractivity contribution is -0.132. The molecule has 0 atom stereocenters. The molecule has 3 heterocycles. The number of benzene rings is 1. The Morgan fingerprint density at radius 2 is 1.70 bits per heavy atom. The summed E-state index contributed by atoms with van der Waals surface area (Å²) in [6.45, 7) is 3.60. The van der Waals surface area contributed by atoms with Crippen molar-refractivity contribution in [1.82, 2.24) is 29.5 Å². The molecule has 8 nitrogen and oxygen atoms in total. The van der Waals surface area contributed by atoms with Crippen LogP contribution in [0.2, 0.25) is 5.02 Å². The molecule has 4 rings (SSSR count). The first-order valence-electron chi connectivity index (χ1n) is 9.68. The Bertz CT molecular complexity index is 1060. The lowest BCUT2D eigenvalue weighted by Crippen LogP contribution is -2.51. The second kappa shape index (κ2) is 8.62. The molecule has 0 N–H and O–H groups in total. The maximum absolute atomic E-state index is 12.9. The van der Waals surface area contributed by atoms with Crippen LogP contribution in [-0.2, 0) is 11.2 Å². The fraction of sp³-hybridized carbons (Fsp3) is 0.286. The third-order valence-electron chi connectivity index (χ3n) is 5.02. The molecule has 1 aliphatic heterocycles. The Morgan fingerprint density at radius 3 is 2.40 bits per heavy atom. The van der Waals surface area contributed by atoms with Crippen LogP contribution in [-0.4, -0.2) is 67.5 Å². The second-order valence-corrected chi connectivity index (χ2v) is 7.42. The largest absolute Gasteiger partial charge is 0.339 e. The van der Waals surface area contributed by atoms with Gasteiger partial charge in [-0.3, -0.25) is 14.6 Å². The summed E-state index contributed by atoms with van der Waals surface area (Å²) in [5.74, 6) is 0.467. The van der Waals surface area contributed by atoms with Gasteiger partial charge in [-0.2, -0.15) is 0 Å². The third kappa shape index (κ3) is 4.18. The summed E-state index contributed by atoms with van der Waals surface area (Å²) in [5, 5.41) is 4.90. The first-order valence-corrected chi connectivity index (χ1v) is 10.1. The van der Waals surface area contributed by atoms with Crippen LogP contribution in [0.15, 0.2) is 48.7 Å². The number of para-hydroxylation sites is 1. The number of carbonyl (C=O) groups excluding carboxylic acids is 2. The van der Waals surface area contributed by atoms with Gasteiger partial charge >= 0.3 is 0 Å². The van der Waals surface area contributed by atoms with Gasteiger partial charge in [0.1, 0.15) is 5.82 Å². The van der Waals surface area contributed by atoms with Crippen LogP contribution in [0.5, 0.6) is 0 Å². The smallest absolute Gasteiger partial charge is 0.293 e. The molecule has 2 amide bonds. The van der Waals surface area contributed by atoms with Gasteiger partial charge in [0.15, 0.2) is 0 Å². The number of amides is 2. The van der Waals surface area contributed by atoms with Gasteiger partial charge in [0.2, 0.25) is 11.7 Å². The van der Waals surface area contributed by atoms with E-state index < -0.39 is 0 Å². The van der Waals surface area contributed by atoms with E-state index in [0.29, 0.717) is 42.7 Å². The molecule has 154 valence electrons. The number of aromatic nitrogens is 4. The van der Waals surface area contributed by atoms with Crippen LogP contribution in [0.3, 0.4) is 0 Å². The van der Waals surface area contributed by atoms with Crippen LogP contribution in [0, 0.1) is 6.92 Å². The van der Waals surface area contributed by atoms with Crippen molar-refractivity contribution >= 4 is 23.4 Å². The van der Waals surface area contributed by atoms with Crippen molar-refractivity contribution in [2.75, 3.05) is 26.2 Å². The van der Waals surface area contributed by atoms with Crippen LogP contribution >= 0.6 is 11.6 Å². The number of aryl methyl sites for hydroxylation is 1. The molecule has 0 spiro atoms. The number of piperazine rings is 1. The van der Waals surface area contributed by atoms with Crippen molar-refractivity contribution in [2.45, 2.75) is 13.3 Å².